The van der Waals surface area contributed by atoms with Gasteiger partial charge < -0.3 is 10.2 Å². The summed E-state index contributed by atoms with van der Waals surface area (Å²) in [5.74, 6) is 0.968. The molecule has 0 spiro atoms. The summed E-state index contributed by atoms with van der Waals surface area (Å²) >= 11 is 3.03. The Kier molecular flexibility index (Phi) is 7.17. The number of nitrogens with zero attached hydrogens (tertiary/aromatic N) is 2. The van der Waals surface area contributed by atoms with Crippen molar-refractivity contribution >= 4 is 55.2 Å². The van der Waals surface area contributed by atoms with E-state index >= 15 is 0 Å². The summed E-state index contributed by atoms with van der Waals surface area (Å²) in [7, 11) is -3.84. The third kappa shape index (κ3) is 5.63. The van der Waals surface area contributed by atoms with Crippen LogP contribution >= 0.6 is 23.5 Å². The molecule has 25 heavy (non-hydrogen) atoms. The third-order valence-electron chi connectivity index (χ3n) is 3.56. The van der Waals surface area contributed by atoms with Gasteiger partial charge in [-0.3, -0.25) is 9.79 Å². The Balaban J connectivity index is 2.20. The molecule has 10 heteroatoms. The number of aliphatic imine (C=N–C) groups is 1. The van der Waals surface area contributed by atoms with Crippen LogP contribution in [-0.4, -0.2) is 49.8 Å². The molecule has 0 aliphatic carbocycles. The standard InChI is InChI=1S/C15H22N4O3S3/c1-3-19(4-2)13-6-5-11(25(16,21)22)9-12(13)18-14(20)10-24-15-17-7-8-23-15/h5-6,9H,3-4,7-8,10H2,1-2H3,(H,18,20)(H2,16,21,22). The van der Waals surface area contributed by atoms with Crippen LogP contribution in [0.5, 0.6) is 0 Å². The van der Waals surface area contributed by atoms with Crippen molar-refractivity contribution in [2.24, 2.45) is 10.1 Å². The van der Waals surface area contributed by atoms with Gasteiger partial charge in [0, 0.05) is 18.8 Å². The van der Waals surface area contributed by atoms with Crippen LogP contribution in [0.25, 0.3) is 0 Å². The van der Waals surface area contributed by atoms with E-state index < -0.39 is 10.0 Å². The molecule has 138 valence electrons. The van der Waals surface area contributed by atoms with Crippen molar-refractivity contribution in [1.29, 1.82) is 0 Å². The molecular weight excluding hydrogens is 380 g/mol. The SMILES string of the molecule is CCN(CC)c1ccc(S(N)(=O)=O)cc1NC(=O)CSC1=NCCS1. The molecule has 1 aromatic rings. The summed E-state index contributed by atoms with van der Waals surface area (Å²) < 4.78 is 24.2. The molecule has 1 aliphatic rings. The average Bonchev–Trinajstić information content (AvgIpc) is 3.08. The first kappa shape index (κ1) is 20.1. The first-order valence-corrected chi connectivity index (χ1v) is 11.4. The van der Waals surface area contributed by atoms with Crippen molar-refractivity contribution in [3.63, 3.8) is 0 Å². The van der Waals surface area contributed by atoms with Crippen LogP contribution in [0, 0.1) is 0 Å². The number of carbonyl (C=O) groups excluding carboxylic acids is 1. The second kappa shape index (κ2) is 8.93. The lowest BCUT2D eigenvalue weighted by atomic mass is 10.2. The monoisotopic (exact) mass is 402 g/mol. The molecule has 0 saturated heterocycles. The van der Waals surface area contributed by atoms with Crippen molar-refractivity contribution in [3.8, 4) is 0 Å². The number of thioether (sulfide) groups is 2. The fourth-order valence-electron chi connectivity index (χ4n) is 2.35. The summed E-state index contributed by atoms with van der Waals surface area (Å²) in [4.78, 5) is 18.6. The van der Waals surface area contributed by atoms with E-state index in [4.69, 9.17) is 5.14 Å². The maximum absolute atomic E-state index is 12.3. The van der Waals surface area contributed by atoms with E-state index in [-0.39, 0.29) is 16.6 Å². The normalized spacial score (nSPS) is 14.3. The van der Waals surface area contributed by atoms with E-state index in [1.165, 1.54) is 23.9 Å². The van der Waals surface area contributed by atoms with Crippen LogP contribution < -0.4 is 15.4 Å². The van der Waals surface area contributed by atoms with E-state index in [1.807, 2.05) is 18.7 Å². The van der Waals surface area contributed by atoms with Gasteiger partial charge in [-0.1, -0.05) is 23.5 Å². The Morgan fingerprint density at radius 2 is 2.12 bits per heavy atom. The lowest BCUT2D eigenvalue weighted by Gasteiger charge is -2.24. The molecule has 0 atom stereocenters. The van der Waals surface area contributed by atoms with Crippen LogP contribution in [-0.2, 0) is 14.8 Å². The number of sulfonamides is 1. The van der Waals surface area contributed by atoms with Gasteiger partial charge in [0.25, 0.3) is 0 Å². The smallest absolute Gasteiger partial charge is 0.238 e. The zero-order valence-corrected chi connectivity index (χ0v) is 16.6. The maximum Gasteiger partial charge on any atom is 0.238 e. The van der Waals surface area contributed by atoms with Crippen molar-refractivity contribution in [3.05, 3.63) is 18.2 Å². The lowest BCUT2D eigenvalue weighted by molar-refractivity contribution is -0.113. The summed E-state index contributed by atoms with van der Waals surface area (Å²) in [6.07, 6.45) is 0. The van der Waals surface area contributed by atoms with Crippen LogP contribution in [0.1, 0.15) is 13.8 Å². The summed E-state index contributed by atoms with van der Waals surface area (Å²) in [6, 6.07) is 4.54. The minimum absolute atomic E-state index is 0.0258. The van der Waals surface area contributed by atoms with Crippen LogP contribution in [0.2, 0.25) is 0 Å². The second-order valence-electron chi connectivity index (χ2n) is 5.23. The largest absolute Gasteiger partial charge is 0.370 e. The number of nitrogens with two attached hydrogens (primary N) is 1. The molecule has 7 nitrogen and oxygen atoms in total. The topological polar surface area (TPSA) is 105 Å². The number of nitrogens with one attached hydrogen (secondary N) is 1. The minimum Gasteiger partial charge on any atom is -0.370 e. The Labute approximate surface area is 156 Å². The fraction of sp³-hybridized carbons (Fsp3) is 0.467. The molecule has 0 radical (unpaired) electrons. The number of benzene rings is 1. The zero-order chi connectivity index (χ0) is 18.4. The summed E-state index contributed by atoms with van der Waals surface area (Å²) in [5.41, 5.74) is 1.21. The predicted octanol–water partition coefficient (Wildman–Crippen LogP) is 1.95. The van der Waals surface area contributed by atoms with Gasteiger partial charge in [0.2, 0.25) is 15.9 Å². The highest BCUT2D eigenvalue weighted by molar-refractivity contribution is 8.39. The molecule has 0 saturated carbocycles. The number of carbonyl (C=O) groups is 1. The van der Waals surface area contributed by atoms with Gasteiger partial charge in [-0.15, -0.1) is 0 Å². The lowest BCUT2D eigenvalue weighted by Crippen LogP contribution is -2.25. The molecule has 1 aromatic carbocycles. The Morgan fingerprint density at radius 3 is 2.68 bits per heavy atom. The number of hydrogen-bond donors (Lipinski definition) is 2. The van der Waals surface area contributed by atoms with Crippen molar-refractivity contribution in [1.82, 2.24) is 0 Å². The molecule has 1 heterocycles. The minimum atomic E-state index is -3.84. The van der Waals surface area contributed by atoms with Crippen molar-refractivity contribution in [2.75, 3.05) is 41.4 Å². The molecular formula is C15H22N4O3S3. The average molecular weight is 403 g/mol. The Morgan fingerprint density at radius 1 is 1.40 bits per heavy atom. The number of hydrogen-bond acceptors (Lipinski definition) is 7. The van der Waals surface area contributed by atoms with E-state index in [0.29, 0.717) is 5.69 Å². The first-order valence-electron chi connectivity index (χ1n) is 7.86. The highest BCUT2D eigenvalue weighted by Crippen LogP contribution is 2.29. The number of primary sulfonamides is 1. The van der Waals surface area contributed by atoms with Crippen LogP contribution in [0.4, 0.5) is 11.4 Å². The zero-order valence-electron chi connectivity index (χ0n) is 14.2. The van der Waals surface area contributed by atoms with Gasteiger partial charge in [-0.25, -0.2) is 13.6 Å². The molecule has 0 unspecified atom stereocenters. The molecule has 0 aromatic heterocycles. The highest BCUT2D eigenvalue weighted by atomic mass is 32.2. The van der Waals surface area contributed by atoms with Gasteiger partial charge in [0.15, 0.2) is 0 Å². The molecule has 0 bridgehead atoms. The summed E-state index contributed by atoms with van der Waals surface area (Å²) in [6.45, 7) is 6.24. The highest BCUT2D eigenvalue weighted by Gasteiger charge is 2.17. The molecule has 1 aliphatic heterocycles. The Bertz CT molecular complexity index is 761. The van der Waals surface area contributed by atoms with Crippen molar-refractivity contribution < 1.29 is 13.2 Å². The molecule has 1 amide bonds. The van der Waals surface area contributed by atoms with Gasteiger partial charge in [0.05, 0.1) is 28.6 Å². The number of amides is 1. The van der Waals surface area contributed by atoms with Crippen LogP contribution in [0.3, 0.4) is 0 Å². The van der Waals surface area contributed by atoms with Gasteiger partial charge in [0.1, 0.15) is 4.38 Å². The number of anilines is 2. The van der Waals surface area contributed by atoms with Gasteiger partial charge >= 0.3 is 0 Å². The Hall–Kier alpha value is -1.23. The fourth-order valence-corrected chi connectivity index (χ4v) is 4.70. The third-order valence-corrected chi connectivity index (χ3v) is 6.72. The van der Waals surface area contributed by atoms with Gasteiger partial charge in [-0.05, 0) is 32.0 Å². The quantitative estimate of drug-likeness (QED) is 0.722. The molecule has 2 rings (SSSR count). The summed E-state index contributed by atoms with van der Waals surface area (Å²) in [5, 5.41) is 8.02. The van der Waals surface area contributed by atoms with E-state index in [0.717, 1.165) is 35.5 Å². The predicted molar refractivity (Wildman–Crippen MR) is 107 cm³/mol. The van der Waals surface area contributed by atoms with E-state index in [9.17, 15) is 13.2 Å². The van der Waals surface area contributed by atoms with Crippen LogP contribution in [0.15, 0.2) is 28.1 Å². The maximum atomic E-state index is 12.3. The second-order valence-corrected chi connectivity index (χ2v) is 9.10. The van der Waals surface area contributed by atoms with E-state index in [1.54, 1.807) is 17.8 Å². The van der Waals surface area contributed by atoms with E-state index in [2.05, 4.69) is 10.3 Å². The number of rotatable bonds is 7. The first-order chi connectivity index (χ1) is 11.8. The van der Waals surface area contributed by atoms with Gasteiger partial charge in [-0.2, -0.15) is 0 Å². The van der Waals surface area contributed by atoms with Crippen molar-refractivity contribution in [2.45, 2.75) is 18.7 Å². The molecule has 3 N–H and O–H groups in total. The molecule has 0 fully saturated rings.